The van der Waals surface area contributed by atoms with Crippen molar-refractivity contribution < 1.29 is 4.92 Å². The van der Waals surface area contributed by atoms with Crippen molar-refractivity contribution in [3.05, 3.63) is 38.9 Å². The van der Waals surface area contributed by atoms with Crippen LogP contribution < -0.4 is 5.56 Å². The molecule has 1 N–H and O–H groups in total. The van der Waals surface area contributed by atoms with Crippen molar-refractivity contribution in [2.24, 2.45) is 0 Å². The maximum absolute atomic E-state index is 11.1. The number of nitro groups is 1. The van der Waals surface area contributed by atoms with Crippen LogP contribution in [-0.2, 0) is 0 Å². The molecule has 0 unspecified atom stereocenters. The minimum Gasteiger partial charge on any atom is -0.358 e. The highest BCUT2D eigenvalue weighted by molar-refractivity contribution is 5.48. The average Bonchev–Trinajstić information content (AvgIpc) is 2.49. The van der Waals surface area contributed by atoms with E-state index in [1.807, 2.05) is 0 Å². The summed E-state index contributed by atoms with van der Waals surface area (Å²) in [6.07, 6.45) is 2.80. The summed E-state index contributed by atoms with van der Waals surface area (Å²) < 4.78 is 1.16. The monoisotopic (exact) mass is 180 g/mol. The van der Waals surface area contributed by atoms with Gasteiger partial charge >= 0.3 is 5.82 Å². The molecule has 2 heterocycles. The van der Waals surface area contributed by atoms with E-state index in [0.717, 1.165) is 10.6 Å². The van der Waals surface area contributed by atoms with Crippen molar-refractivity contribution in [1.82, 2.24) is 14.6 Å². The number of nitrogens with zero attached hydrogens (tertiary/aromatic N) is 3. The maximum Gasteiger partial charge on any atom is 0.391 e. The van der Waals surface area contributed by atoms with Crippen LogP contribution in [0.25, 0.3) is 5.52 Å². The third-order valence-electron chi connectivity index (χ3n) is 1.57. The summed E-state index contributed by atoms with van der Waals surface area (Å²) in [6, 6.07) is 1.12. The first-order chi connectivity index (χ1) is 6.18. The van der Waals surface area contributed by atoms with E-state index in [9.17, 15) is 14.9 Å². The van der Waals surface area contributed by atoms with Gasteiger partial charge in [-0.3, -0.25) is 4.79 Å². The van der Waals surface area contributed by atoms with Crippen LogP contribution in [0.4, 0.5) is 5.82 Å². The van der Waals surface area contributed by atoms with E-state index in [-0.39, 0.29) is 11.3 Å². The first kappa shape index (κ1) is 7.47. The van der Waals surface area contributed by atoms with Crippen molar-refractivity contribution in [3.8, 4) is 0 Å². The van der Waals surface area contributed by atoms with Gasteiger partial charge in [0.1, 0.15) is 0 Å². The molecule has 7 heteroatoms. The molecule has 7 nitrogen and oxygen atoms in total. The molecule has 13 heavy (non-hydrogen) atoms. The molecule has 2 rings (SSSR count). The van der Waals surface area contributed by atoms with Crippen molar-refractivity contribution in [2.75, 3.05) is 0 Å². The molecular weight excluding hydrogens is 176 g/mol. The molecule has 0 bridgehead atoms. The minimum absolute atomic E-state index is 0.161. The van der Waals surface area contributed by atoms with Gasteiger partial charge < -0.3 is 15.1 Å². The van der Waals surface area contributed by atoms with Gasteiger partial charge in [-0.1, -0.05) is 0 Å². The smallest absolute Gasteiger partial charge is 0.358 e. The first-order valence-corrected chi connectivity index (χ1v) is 3.40. The van der Waals surface area contributed by atoms with Gasteiger partial charge in [0.25, 0.3) is 5.56 Å². The number of aromatic nitrogens is 3. The Hall–Kier alpha value is -2.18. The Morgan fingerprint density at radius 2 is 2.38 bits per heavy atom. The number of fused-ring (bicyclic) bond motifs is 1. The summed E-state index contributed by atoms with van der Waals surface area (Å²) in [5, 5.41) is 13.9. The minimum atomic E-state index is -0.646. The zero-order valence-electron chi connectivity index (χ0n) is 6.30. The summed E-state index contributed by atoms with van der Waals surface area (Å²) in [4.78, 5) is 23.1. The van der Waals surface area contributed by atoms with Crippen molar-refractivity contribution in [2.45, 2.75) is 0 Å². The van der Waals surface area contributed by atoms with Crippen LogP contribution in [0.3, 0.4) is 0 Å². The third-order valence-corrected chi connectivity index (χ3v) is 1.57. The molecule has 0 aromatic carbocycles. The molecule has 0 aliphatic heterocycles. The van der Waals surface area contributed by atoms with E-state index in [0.29, 0.717) is 0 Å². The summed E-state index contributed by atoms with van der Waals surface area (Å²) >= 11 is 0. The summed E-state index contributed by atoms with van der Waals surface area (Å²) in [6.45, 7) is 0. The lowest BCUT2D eigenvalue weighted by Gasteiger charge is -1.82. The molecule has 2 aromatic rings. The number of H-pyrrole nitrogens is 1. The molecule has 0 saturated carbocycles. The SMILES string of the molecule is O=c1[nH]ccn2nc([N+](=O)[O-])cc12. The van der Waals surface area contributed by atoms with Gasteiger partial charge in [0.05, 0.1) is 17.4 Å². The second-order valence-corrected chi connectivity index (χ2v) is 2.38. The second-order valence-electron chi connectivity index (χ2n) is 2.38. The fourth-order valence-electron chi connectivity index (χ4n) is 1.01. The summed E-state index contributed by atoms with van der Waals surface area (Å²) in [7, 11) is 0. The Morgan fingerprint density at radius 3 is 3.00 bits per heavy atom. The number of hydrogen-bond acceptors (Lipinski definition) is 4. The standard InChI is InChI=1S/C6H4N4O3/c11-6-4-3-5(10(12)13)8-9(4)2-1-7-6/h1-3H,(H,7,11). The molecule has 0 radical (unpaired) electrons. The van der Waals surface area contributed by atoms with E-state index in [2.05, 4.69) is 10.1 Å². The highest BCUT2D eigenvalue weighted by Gasteiger charge is 2.13. The van der Waals surface area contributed by atoms with Crippen LogP contribution in [0.5, 0.6) is 0 Å². The lowest BCUT2D eigenvalue weighted by molar-refractivity contribution is -0.389. The van der Waals surface area contributed by atoms with E-state index in [1.54, 1.807) is 0 Å². The molecule has 0 aliphatic carbocycles. The second kappa shape index (κ2) is 2.41. The van der Waals surface area contributed by atoms with Crippen LogP contribution in [0.2, 0.25) is 0 Å². The molecule has 0 atom stereocenters. The van der Waals surface area contributed by atoms with Gasteiger partial charge in [-0.2, -0.15) is 0 Å². The predicted octanol–water partition coefficient (Wildman–Crippen LogP) is -0.0692. The Labute approximate surface area is 70.8 Å². The van der Waals surface area contributed by atoms with E-state index < -0.39 is 10.5 Å². The molecule has 0 fully saturated rings. The van der Waals surface area contributed by atoms with Crippen molar-refractivity contribution in [1.29, 1.82) is 0 Å². The highest BCUT2D eigenvalue weighted by atomic mass is 16.6. The zero-order chi connectivity index (χ0) is 9.42. The van der Waals surface area contributed by atoms with Gasteiger partial charge in [0.15, 0.2) is 5.52 Å². The maximum atomic E-state index is 11.1. The van der Waals surface area contributed by atoms with Crippen LogP contribution in [0.1, 0.15) is 0 Å². The van der Waals surface area contributed by atoms with E-state index >= 15 is 0 Å². The van der Waals surface area contributed by atoms with Crippen LogP contribution >= 0.6 is 0 Å². The molecule has 66 valence electrons. The third kappa shape index (κ3) is 1.06. The van der Waals surface area contributed by atoms with Crippen LogP contribution in [-0.4, -0.2) is 19.5 Å². The Morgan fingerprint density at radius 1 is 1.62 bits per heavy atom. The fourth-order valence-corrected chi connectivity index (χ4v) is 1.01. The lowest BCUT2D eigenvalue weighted by atomic mass is 10.5. The predicted molar refractivity (Wildman–Crippen MR) is 42.5 cm³/mol. The fraction of sp³-hybridized carbons (Fsp3) is 0. The highest BCUT2D eigenvalue weighted by Crippen LogP contribution is 2.08. The lowest BCUT2D eigenvalue weighted by Crippen LogP contribution is -2.07. The number of hydrogen-bond donors (Lipinski definition) is 1. The van der Waals surface area contributed by atoms with Gasteiger partial charge in [-0.25, -0.2) is 0 Å². The van der Waals surface area contributed by atoms with Crippen molar-refractivity contribution in [3.63, 3.8) is 0 Å². The van der Waals surface area contributed by atoms with Gasteiger partial charge in [-0.15, -0.1) is 4.52 Å². The Kier molecular flexibility index (Phi) is 1.38. The van der Waals surface area contributed by atoms with Crippen LogP contribution in [0, 0.1) is 10.1 Å². The largest absolute Gasteiger partial charge is 0.391 e. The number of rotatable bonds is 1. The summed E-state index contributed by atoms with van der Waals surface area (Å²) in [5.74, 6) is -0.336. The zero-order valence-corrected chi connectivity index (χ0v) is 6.30. The Bertz CT molecular complexity index is 526. The number of aromatic amines is 1. The normalized spacial score (nSPS) is 10.5. The van der Waals surface area contributed by atoms with E-state index in [1.165, 1.54) is 12.4 Å². The number of nitrogens with one attached hydrogen (secondary N) is 1. The summed E-state index contributed by atoms with van der Waals surface area (Å²) in [5.41, 5.74) is -0.239. The van der Waals surface area contributed by atoms with Gasteiger partial charge in [0, 0.05) is 6.20 Å². The molecular formula is C6H4N4O3. The topological polar surface area (TPSA) is 93.3 Å². The molecule has 0 aliphatic rings. The van der Waals surface area contributed by atoms with Gasteiger partial charge in [-0.05, 0) is 4.92 Å². The molecule has 2 aromatic heterocycles. The quantitative estimate of drug-likeness (QED) is 0.491. The van der Waals surface area contributed by atoms with Crippen LogP contribution in [0.15, 0.2) is 23.3 Å². The van der Waals surface area contributed by atoms with E-state index in [4.69, 9.17) is 0 Å². The van der Waals surface area contributed by atoms with Crippen molar-refractivity contribution >= 4 is 11.3 Å². The first-order valence-electron chi connectivity index (χ1n) is 3.40. The molecule has 0 amide bonds. The average molecular weight is 180 g/mol. The van der Waals surface area contributed by atoms with Gasteiger partial charge in [0.2, 0.25) is 0 Å². The molecule has 0 saturated heterocycles. The molecule has 0 spiro atoms. The Balaban J connectivity index is 2.83.